The SMILES string of the molecule is COc1ccc(S(=O)(=O)N2CCN(c3nc4cn[nH]c(=O)c4s3)C[C@@H]2C(=O)O)cc1. The van der Waals surface area contributed by atoms with Gasteiger partial charge in [-0.15, -0.1) is 0 Å². The fraction of sp³-hybridized carbons (Fsp3) is 0.294. The smallest absolute Gasteiger partial charge is 0.323 e. The zero-order valence-electron chi connectivity index (χ0n) is 15.7. The summed E-state index contributed by atoms with van der Waals surface area (Å²) >= 11 is 1.11. The second-order valence-electron chi connectivity index (χ2n) is 6.50. The minimum atomic E-state index is -4.03. The number of aliphatic carboxylic acids is 1. The van der Waals surface area contributed by atoms with Crippen LogP contribution in [0.25, 0.3) is 10.2 Å². The first kappa shape index (κ1) is 20.3. The molecule has 4 rings (SSSR count). The van der Waals surface area contributed by atoms with Crippen LogP contribution < -0.4 is 15.2 Å². The Bertz CT molecular complexity index is 1250. The molecule has 0 radical (unpaired) electrons. The number of sulfonamides is 1. The summed E-state index contributed by atoms with van der Waals surface area (Å²) in [7, 11) is -2.56. The lowest BCUT2D eigenvalue weighted by molar-refractivity contribution is -0.141. The van der Waals surface area contributed by atoms with Crippen LogP contribution >= 0.6 is 11.3 Å². The van der Waals surface area contributed by atoms with E-state index in [2.05, 4.69) is 15.2 Å². The van der Waals surface area contributed by atoms with Crippen molar-refractivity contribution in [3.05, 3.63) is 40.8 Å². The molecule has 0 aliphatic carbocycles. The van der Waals surface area contributed by atoms with Gasteiger partial charge in [0.25, 0.3) is 5.56 Å². The quantitative estimate of drug-likeness (QED) is 0.561. The van der Waals surface area contributed by atoms with Gasteiger partial charge in [0.15, 0.2) is 5.13 Å². The second-order valence-corrected chi connectivity index (χ2v) is 9.37. The van der Waals surface area contributed by atoms with Crippen LogP contribution in [0.15, 0.2) is 40.2 Å². The molecule has 1 atom stereocenters. The lowest BCUT2D eigenvalue weighted by Crippen LogP contribution is -2.58. The molecule has 30 heavy (non-hydrogen) atoms. The summed E-state index contributed by atoms with van der Waals surface area (Å²) in [6.45, 7) is 0.0794. The summed E-state index contributed by atoms with van der Waals surface area (Å²) in [5.41, 5.74) is 0.0191. The standard InChI is InChI=1S/C17H17N5O6S2/c1-28-10-2-4-11(5-3-10)30(26,27)22-7-6-21(9-13(22)16(24)25)17-19-12-8-18-20-15(23)14(12)29-17/h2-5,8,13H,6-7,9H2,1H3,(H,20,23)(H,24,25)/t13-/m1/s1. The van der Waals surface area contributed by atoms with Crippen LogP contribution in [-0.4, -0.2) is 71.8 Å². The third-order valence-corrected chi connectivity index (χ3v) is 7.81. The van der Waals surface area contributed by atoms with E-state index in [1.807, 2.05) is 0 Å². The van der Waals surface area contributed by atoms with Crippen LogP contribution in [0.3, 0.4) is 0 Å². The average molecular weight is 451 g/mol. The summed E-state index contributed by atoms with van der Waals surface area (Å²) in [5, 5.41) is 16.2. The van der Waals surface area contributed by atoms with E-state index in [0.29, 0.717) is 21.1 Å². The molecule has 0 bridgehead atoms. The maximum atomic E-state index is 13.1. The summed E-state index contributed by atoms with van der Waals surface area (Å²) in [6, 6.07) is 4.46. The fourth-order valence-electron chi connectivity index (χ4n) is 3.22. The number of aromatic amines is 1. The van der Waals surface area contributed by atoms with E-state index in [9.17, 15) is 23.1 Å². The van der Waals surface area contributed by atoms with Gasteiger partial charge in [0, 0.05) is 19.6 Å². The Morgan fingerprint density at radius 2 is 2.03 bits per heavy atom. The van der Waals surface area contributed by atoms with Gasteiger partial charge in [-0.2, -0.15) is 9.40 Å². The maximum absolute atomic E-state index is 13.1. The molecule has 1 saturated heterocycles. The minimum absolute atomic E-state index is 0.0133. The Morgan fingerprint density at radius 1 is 1.30 bits per heavy atom. The number of aromatic nitrogens is 3. The maximum Gasteiger partial charge on any atom is 0.323 e. The summed E-state index contributed by atoms with van der Waals surface area (Å²) in [5.74, 6) is -0.772. The van der Waals surface area contributed by atoms with Crippen molar-refractivity contribution in [3.63, 3.8) is 0 Å². The first-order valence-corrected chi connectivity index (χ1v) is 11.0. The number of carboxylic acids is 1. The van der Waals surface area contributed by atoms with Gasteiger partial charge in [0.2, 0.25) is 10.0 Å². The number of piperazine rings is 1. The van der Waals surface area contributed by atoms with Crippen molar-refractivity contribution in [2.75, 3.05) is 31.6 Å². The van der Waals surface area contributed by atoms with Gasteiger partial charge in [0.1, 0.15) is 22.0 Å². The number of rotatable bonds is 5. The number of anilines is 1. The van der Waals surface area contributed by atoms with Crippen LogP contribution in [0.5, 0.6) is 5.75 Å². The Balaban J connectivity index is 1.63. The van der Waals surface area contributed by atoms with Gasteiger partial charge in [0.05, 0.1) is 18.2 Å². The van der Waals surface area contributed by atoms with E-state index >= 15 is 0 Å². The van der Waals surface area contributed by atoms with E-state index in [1.54, 1.807) is 4.90 Å². The number of hydrogen-bond acceptors (Lipinski definition) is 9. The van der Waals surface area contributed by atoms with Crippen molar-refractivity contribution in [1.29, 1.82) is 0 Å². The largest absolute Gasteiger partial charge is 0.497 e. The van der Waals surface area contributed by atoms with Crippen LogP contribution in [-0.2, 0) is 14.8 Å². The van der Waals surface area contributed by atoms with Crippen molar-refractivity contribution in [1.82, 2.24) is 19.5 Å². The molecule has 1 fully saturated rings. The predicted octanol–water partition coefficient (Wildman–Crippen LogP) is 0.352. The van der Waals surface area contributed by atoms with E-state index in [1.165, 1.54) is 37.6 Å². The first-order valence-electron chi connectivity index (χ1n) is 8.79. The third-order valence-electron chi connectivity index (χ3n) is 4.75. The number of methoxy groups -OCH3 is 1. The molecule has 1 aromatic carbocycles. The third kappa shape index (κ3) is 3.51. The molecule has 3 aromatic rings. The Kier molecular flexibility index (Phi) is 5.17. The van der Waals surface area contributed by atoms with Crippen molar-refractivity contribution in [2.45, 2.75) is 10.9 Å². The Labute approximate surface area is 174 Å². The Morgan fingerprint density at radius 3 is 2.67 bits per heavy atom. The topological polar surface area (TPSA) is 146 Å². The molecule has 0 spiro atoms. The van der Waals surface area contributed by atoms with E-state index in [-0.39, 0.29) is 30.1 Å². The molecule has 0 unspecified atom stereocenters. The molecule has 2 aromatic heterocycles. The molecule has 2 N–H and O–H groups in total. The highest BCUT2D eigenvalue weighted by Crippen LogP contribution is 2.30. The number of carbonyl (C=O) groups is 1. The molecule has 3 heterocycles. The molecule has 1 aliphatic rings. The minimum Gasteiger partial charge on any atom is -0.497 e. The number of H-pyrrole nitrogens is 1. The molecule has 158 valence electrons. The summed E-state index contributed by atoms with van der Waals surface area (Å²) in [4.78, 5) is 29.8. The summed E-state index contributed by atoms with van der Waals surface area (Å²) in [6.07, 6.45) is 1.41. The molecule has 11 nitrogen and oxygen atoms in total. The number of ether oxygens (including phenoxy) is 1. The van der Waals surface area contributed by atoms with E-state index in [4.69, 9.17) is 4.74 Å². The van der Waals surface area contributed by atoms with Gasteiger partial charge in [-0.3, -0.25) is 9.59 Å². The number of fused-ring (bicyclic) bond motifs is 1. The van der Waals surface area contributed by atoms with Crippen molar-refractivity contribution in [2.24, 2.45) is 0 Å². The van der Waals surface area contributed by atoms with Crippen molar-refractivity contribution < 1.29 is 23.1 Å². The van der Waals surface area contributed by atoms with Crippen molar-refractivity contribution in [3.8, 4) is 5.75 Å². The zero-order chi connectivity index (χ0) is 21.5. The number of benzene rings is 1. The number of nitrogens with one attached hydrogen (secondary N) is 1. The fourth-order valence-corrected chi connectivity index (χ4v) is 5.75. The molecule has 13 heteroatoms. The highest BCUT2D eigenvalue weighted by atomic mass is 32.2. The van der Waals surface area contributed by atoms with E-state index < -0.39 is 22.0 Å². The van der Waals surface area contributed by atoms with E-state index in [0.717, 1.165) is 15.6 Å². The molecular weight excluding hydrogens is 434 g/mol. The molecule has 0 saturated carbocycles. The lowest BCUT2D eigenvalue weighted by atomic mass is 10.2. The normalized spacial score (nSPS) is 17.9. The van der Waals surface area contributed by atoms with Crippen LogP contribution in [0.1, 0.15) is 0 Å². The average Bonchev–Trinajstić information content (AvgIpc) is 3.19. The highest BCUT2D eigenvalue weighted by molar-refractivity contribution is 7.89. The molecule has 1 aliphatic heterocycles. The van der Waals surface area contributed by atoms with Crippen LogP contribution in [0.2, 0.25) is 0 Å². The van der Waals surface area contributed by atoms with Gasteiger partial charge >= 0.3 is 5.97 Å². The van der Waals surface area contributed by atoms with Crippen LogP contribution in [0.4, 0.5) is 5.13 Å². The predicted molar refractivity (Wildman–Crippen MR) is 109 cm³/mol. The first-order chi connectivity index (χ1) is 14.3. The van der Waals surface area contributed by atoms with Gasteiger partial charge in [-0.05, 0) is 24.3 Å². The molecular formula is C17H17N5O6S2. The number of nitrogens with zero attached hydrogens (tertiary/aromatic N) is 4. The highest BCUT2D eigenvalue weighted by Gasteiger charge is 2.41. The Hall–Kier alpha value is -3.03. The molecule has 0 amide bonds. The number of carboxylic acid groups (broad SMARTS) is 1. The van der Waals surface area contributed by atoms with Crippen LogP contribution in [0, 0.1) is 0 Å². The lowest BCUT2D eigenvalue weighted by Gasteiger charge is -2.38. The number of hydrogen-bond donors (Lipinski definition) is 2. The second kappa shape index (κ2) is 7.66. The number of thiazole rings is 1. The van der Waals surface area contributed by atoms with Gasteiger partial charge in [-0.25, -0.2) is 18.5 Å². The summed E-state index contributed by atoms with van der Waals surface area (Å²) < 4.78 is 32.5. The van der Waals surface area contributed by atoms with Gasteiger partial charge in [-0.1, -0.05) is 11.3 Å². The van der Waals surface area contributed by atoms with Gasteiger partial charge < -0.3 is 14.7 Å². The zero-order valence-corrected chi connectivity index (χ0v) is 17.3. The van der Waals surface area contributed by atoms with Crippen molar-refractivity contribution >= 4 is 42.7 Å². The monoisotopic (exact) mass is 451 g/mol.